The van der Waals surface area contributed by atoms with E-state index in [2.05, 4.69) is 5.32 Å². The summed E-state index contributed by atoms with van der Waals surface area (Å²) in [6.45, 7) is 1.13. The van der Waals surface area contributed by atoms with Crippen LogP contribution in [0, 0.1) is 0 Å². The van der Waals surface area contributed by atoms with E-state index >= 15 is 0 Å². The molecule has 2 saturated heterocycles. The van der Waals surface area contributed by atoms with Gasteiger partial charge in [0.1, 0.15) is 0 Å². The minimum absolute atomic E-state index is 0.286. The molecule has 2 atom stereocenters. The van der Waals surface area contributed by atoms with E-state index < -0.39 is 19.0 Å². The van der Waals surface area contributed by atoms with Gasteiger partial charge >= 0.3 is 6.18 Å². The fourth-order valence-corrected chi connectivity index (χ4v) is 2.41. The number of carbonyl (C=O) groups is 1. The van der Waals surface area contributed by atoms with E-state index in [0.29, 0.717) is 13.1 Å². The van der Waals surface area contributed by atoms with Gasteiger partial charge in [0.15, 0.2) is 0 Å². The van der Waals surface area contributed by atoms with Crippen LogP contribution in [-0.4, -0.2) is 42.2 Å². The molecule has 2 aliphatic heterocycles. The van der Waals surface area contributed by atoms with Gasteiger partial charge in [-0.3, -0.25) is 4.79 Å². The summed E-state index contributed by atoms with van der Waals surface area (Å²) < 4.78 is 35.9. The predicted molar refractivity (Wildman–Crippen MR) is 51.8 cm³/mol. The minimum Gasteiger partial charge on any atom is -0.340 e. The topological polar surface area (TPSA) is 32.3 Å². The predicted octanol–water partition coefficient (Wildman–Crippen LogP) is 1.29. The number of rotatable bonds is 2. The summed E-state index contributed by atoms with van der Waals surface area (Å²) in [5, 5.41) is 3.33. The van der Waals surface area contributed by atoms with Crippen molar-refractivity contribution in [1.29, 1.82) is 0 Å². The maximum atomic E-state index is 12.0. The molecule has 2 fully saturated rings. The number of halogens is 3. The Hall–Kier alpha value is -0.780. The van der Waals surface area contributed by atoms with Crippen molar-refractivity contribution in [1.82, 2.24) is 10.2 Å². The normalized spacial score (nSPS) is 29.6. The molecule has 0 saturated carbocycles. The van der Waals surface area contributed by atoms with Crippen LogP contribution in [0.4, 0.5) is 13.2 Å². The van der Waals surface area contributed by atoms with Crippen molar-refractivity contribution in [3.05, 3.63) is 0 Å². The van der Waals surface area contributed by atoms with Crippen LogP contribution in [0.2, 0.25) is 0 Å². The quantitative estimate of drug-likeness (QED) is 0.783. The van der Waals surface area contributed by atoms with E-state index in [-0.39, 0.29) is 18.0 Å². The second-order valence-corrected chi connectivity index (χ2v) is 4.55. The van der Waals surface area contributed by atoms with Gasteiger partial charge < -0.3 is 10.2 Å². The molecule has 6 heteroatoms. The second kappa shape index (κ2) is 4.24. The summed E-state index contributed by atoms with van der Waals surface area (Å²) >= 11 is 0. The van der Waals surface area contributed by atoms with Gasteiger partial charge in [0.25, 0.3) is 0 Å². The Morgan fingerprint density at radius 3 is 2.31 bits per heavy atom. The number of piperazine rings is 1. The smallest absolute Gasteiger partial charge is 0.340 e. The largest absolute Gasteiger partial charge is 0.389 e. The molecule has 0 spiro atoms. The Bertz CT molecular complexity index is 268. The summed E-state index contributed by atoms with van der Waals surface area (Å²) in [4.78, 5) is 13.1. The first-order valence-electron chi connectivity index (χ1n) is 5.54. The van der Waals surface area contributed by atoms with Crippen molar-refractivity contribution < 1.29 is 18.0 Å². The first-order chi connectivity index (χ1) is 7.44. The fraction of sp³-hybridized carbons (Fsp3) is 0.900. The highest BCUT2D eigenvalue weighted by Gasteiger charge is 2.35. The number of hydrogen-bond donors (Lipinski definition) is 1. The van der Waals surface area contributed by atoms with Gasteiger partial charge in [0.2, 0.25) is 5.91 Å². The van der Waals surface area contributed by atoms with Crippen LogP contribution in [0.15, 0.2) is 0 Å². The van der Waals surface area contributed by atoms with Crippen molar-refractivity contribution in [2.24, 2.45) is 0 Å². The number of likely N-dealkylation sites (tertiary alicyclic amines) is 1. The fourth-order valence-electron chi connectivity index (χ4n) is 2.41. The van der Waals surface area contributed by atoms with Crippen LogP contribution in [0.3, 0.4) is 0 Å². The summed E-state index contributed by atoms with van der Waals surface area (Å²) in [5.41, 5.74) is 0. The lowest BCUT2D eigenvalue weighted by Gasteiger charge is -2.33. The molecule has 2 heterocycles. The average Bonchev–Trinajstić information content (AvgIpc) is 2.53. The molecule has 0 aliphatic carbocycles. The Kier molecular flexibility index (Phi) is 3.10. The monoisotopic (exact) mass is 236 g/mol. The Morgan fingerprint density at radius 2 is 1.81 bits per heavy atom. The van der Waals surface area contributed by atoms with E-state index in [1.165, 1.54) is 0 Å². The van der Waals surface area contributed by atoms with Crippen LogP contribution in [0.5, 0.6) is 0 Å². The molecule has 0 aromatic carbocycles. The number of amides is 1. The standard InChI is InChI=1S/C10H15F3N2O/c11-10(12,13)4-3-9(16)15-5-7-1-2-8(6-15)14-7/h7-8,14H,1-6H2. The third kappa shape index (κ3) is 2.87. The highest BCUT2D eigenvalue weighted by molar-refractivity contribution is 5.76. The molecule has 0 aromatic heterocycles. The van der Waals surface area contributed by atoms with Gasteiger partial charge in [0.05, 0.1) is 6.42 Å². The number of fused-ring (bicyclic) bond motifs is 2. The zero-order valence-electron chi connectivity index (χ0n) is 8.89. The van der Waals surface area contributed by atoms with Crippen LogP contribution in [0.25, 0.3) is 0 Å². The number of nitrogens with one attached hydrogen (secondary N) is 1. The van der Waals surface area contributed by atoms with Crippen LogP contribution in [0.1, 0.15) is 25.7 Å². The van der Waals surface area contributed by atoms with Gasteiger partial charge in [-0.25, -0.2) is 0 Å². The van der Waals surface area contributed by atoms with Gasteiger partial charge in [0, 0.05) is 31.6 Å². The summed E-state index contributed by atoms with van der Waals surface area (Å²) in [6.07, 6.45) is -3.61. The molecule has 16 heavy (non-hydrogen) atoms. The van der Waals surface area contributed by atoms with Gasteiger partial charge in [-0.05, 0) is 12.8 Å². The van der Waals surface area contributed by atoms with Gasteiger partial charge in [-0.1, -0.05) is 0 Å². The van der Waals surface area contributed by atoms with E-state index in [9.17, 15) is 18.0 Å². The van der Waals surface area contributed by atoms with E-state index in [4.69, 9.17) is 0 Å². The third-order valence-electron chi connectivity index (χ3n) is 3.19. The second-order valence-electron chi connectivity index (χ2n) is 4.55. The summed E-state index contributed by atoms with van der Waals surface area (Å²) in [7, 11) is 0. The molecule has 0 aromatic rings. The first kappa shape index (κ1) is 11.7. The summed E-state index contributed by atoms with van der Waals surface area (Å²) in [5.74, 6) is -0.365. The lowest BCUT2D eigenvalue weighted by Crippen LogP contribution is -2.53. The molecule has 0 radical (unpaired) electrons. The Balaban J connectivity index is 1.81. The van der Waals surface area contributed by atoms with E-state index in [1.807, 2.05) is 0 Å². The molecule has 3 nitrogen and oxygen atoms in total. The molecule has 92 valence electrons. The van der Waals surface area contributed by atoms with Crippen LogP contribution < -0.4 is 5.32 Å². The molecular formula is C10H15F3N2O. The maximum absolute atomic E-state index is 12.0. The Morgan fingerprint density at radius 1 is 1.25 bits per heavy atom. The first-order valence-corrected chi connectivity index (χ1v) is 5.54. The molecule has 2 bridgehead atoms. The molecule has 1 N–H and O–H groups in total. The average molecular weight is 236 g/mol. The van der Waals surface area contributed by atoms with Crippen LogP contribution >= 0.6 is 0 Å². The maximum Gasteiger partial charge on any atom is 0.389 e. The number of alkyl halides is 3. The SMILES string of the molecule is O=C(CCC(F)(F)F)N1CC2CCC(C1)N2. The van der Waals surface area contributed by atoms with Crippen LogP contribution in [-0.2, 0) is 4.79 Å². The number of carbonyl (C=O) groups excluding carboxylic acids is 1. The minimum atomic E-state index is -4.23. The Labute approximate surface area is 92.0 Å². The summed E-state index contributed by atoms with van der Waals surface area (Å²) in [6, 6.07) is 0.571. The molecule has 2 unspecified atom stereocenters. The lowest BCUT2D eigenvalue weighted by atomic mass is 10.2. The zero-order valence-corrected chi connectivity index (χ0v) is 8.89. The highest BCUT2D eigenvalue weighted by Crippen LogP contribution is 2.24. The number of hydrogen-bond acceptors (Lipinski definition) is 2. The van der Waals surface area contributed by atoms with Crippen molar-refractivity contribution in [2.45, 2.75) is 43.9 Å². The molecule has 1 amide bonds. The van der Waals surface area contributed by atoms with Crippen molar-refractivity contribution in [2.75, 3.05) is 13.1 Å². The van der Waals surface area contributed by atoms with Gasteiger partial charge in [-0.2, -0.15) is 13.2 Å². The van der Waals surface area contributed by atoms with E-state index in [1.54, 1.807) is 4.90 Å². The zero-order chi connectivity index (χ0) is 11.8. The highest BCUT2D eigenvalue weighted by atomic mass is 19.4. The van der Waals surface area contributed by atoms with E-state index in [0.717, 1.165) is 12.8 Å². The molecule has 2 rings (SSSR count). The molecular weight excluding hydrogens is 221 g/mol. The van der Waals surface area contributed by atoms with Gasteiger partial charge in [-0.15, -0.1) is 0 Å². The number of nitrogens with zero attached hydrogens (tertiary/aromatic N) is 1. The molecule has 2 aliphatic rings. The van der Waals surface area contributed by atoms with Crippen molar-refractivity contribution >= 4 is 5.91 Å². The van der Waals surface area contributed by atoms with Crippen molar-refractivity contribution in [3.63, 3.8) is 0 Å². The lowest BCUT2D eigenvalue weighted by molar-refractivity contribution is -0.149. The third-order valence-corrected chi connectivity index (χ3v) is 3.19. The van der Waals surface area contributed by atoms with Crippen molar-refractivity contribution in [3.8, 4) is 0 Å².